The maximum Gasteiger partial charge on any atom is 0.460 e. The van der Waals surface area contributed by atoms with Crippen LogP contribution in [0, 0.1) is 0 Å². The Morgan fingerprint density at radius 3 is 1.26 bits per heavy atom. The second-order valence-electron chi connectivity index (χ2n) is 18.9. The monoisotopic (exact) mass is 1550 g/mol. The highest BCUT2D eigenvalue weighted by Crippen LogP contribution is 2.62. The molecule has 0 spiro atoms. The van der Waals surface area contributed by atoms with E-state index in [0.717, 1.165) is 6.92 Å². The maximum atomic E-state index is 12.8. The minimum Gasteiger partial charge on any atom is -0.479 e. The van der Waals surface area contributed by atoms with Crippen molar-refractivity contribution in [3.05, 3.63) is 0 Å². The fraction of sp³-hybridized carbons (Fsp3) is 0.882. The molecule has 4 fully saturated rings. The number of carbonyl (C=O) groups excluding carboxylic acids is 1. The molecule has 0 aliphatic carbocycles. The summed E-state index contributed by atoms with van der Waals surface area (Å²) in [5.41, 5.74) is 0. The van der Waals surface area contributed by atoms with E-state index in [1.807, 2.05) is 5.32 Å². The Morgan fingerprint density at radius 2 is 0.863 bits per heavy atom. The van der Waals surface area contributed by atoms with Crippen molar-refractivity contribution >= 4 is 75.7 Å². The van der Waals surface area contributed by atoms with Crippen molar-refractivity contribution < 1.29 is 246 Å². The van der Waals surface area contributed by atoms with E-state index >= 15 is 0 Å². The van der Waals surface area contributed by atoms with Crippen LogP contribution in [-0.2, 0) is 121 Å². The average molecular weight is 1550 g/mol. The maximum absolute atomic E-state index is 12.8. The molecule has 0 aromatic heterocycles. The molecule has 558 valence electrons. The molecular formula is C34H43F15N2O39S5. The van der Waals surface area contributed by atoms with Gasteiger partial charge >= 0.3 is 112 Å². The summed E-state index contributed by atoms with van der Waals surface area (Å²) in [5.74, 6) is -58.3. The second kappa shape index (κ2) is 29.5. The summed E-state index contributed by atoms with van der Waals surface area (Å²) in [6.45, 7) is -2.24. The molecule has 16 N–H and O–H groups in total. The summed E-state index contributed by atoms with van der Waals surface area (Å²) < 4.78 is 409. The first kappa shape index (κ1) is 84.9. The van der Waals surface area contributed by atoms with Gasteiger partial charge in [0.15, 0.2) is 49.6 Å². The van der Waals surface area contributed by atoms with E-state index in [1.165, 1.54) is 4.72 Å². The van der Waals surface area contributed by atoms with Gasteiger partial charge in [-0.05, 0) is 0 Å². The number of hydrogen-bond acceptors (Lipinski definition) is 31. The first-order chi connectivity index (χ1) is 42.3. The molecule has 4 heterocycles. The van der Waals surface area contributed by atoms with Crippen LogP contribution in [0.5, 0.6) is 0 Å². The van der Waals surface area contributed by atoms with Gasteiger partial charge in [0.25, 0.3) is 0 Å². The molecule has 4 aliphatic heterocycles. The van der Waals surface area contributed by atoms with Crippen LogP contribution >= 0.6 is 0 Å². The van der Waals surface area contributed by atoms with E-state index in [1.54, 1.807) is 0 Å². The van der Waals surface area contributed by atoms with E-state index in [4.69, 9.17) is 42.8 Å². The van der Waals surface area contributed by atoms with Gasteiger partial charge in [-0.1, -0.05) is 0 Å². The molecule has 4 saturated heterocycles. The Bertz CT molecular complexity index is 3340. The number of hydrogen-bond donors (Lipinski definition) is 16. The predicted molar refractivity (Wildman–Crippen MR) is 244 cm³/mol. The van der Waals surface area contributed by atoms with E-state index < -0.39 is 253 Å². The van der Waals surface area contributed by atoms with E-state index in [-0.39, 0.29) is 0 Å². The summed E-state index contributed by atoms with van der Waals surface area (Å²) in [5, 5.41) is 93.6. The van der Waals surface area contributed by atoms with Gasteiger partial charge in [0.1, 0.15) is 73.1 Å². The van der Waals surface area contributed by atoms with Gasteiger partial charge in [-0.15, -0.1) is 0 Å². The number of carboxylic acids is 3. The zero-order chi connectivity index (χ0) is 74.5. The SMILES string of the molecule is CC(=O)N[C@@H]1[C@@H](O)[C@H](O[C@@H]2O[C@H](C(=O)O)[C@@H](O[C@@H]3O[C@H](CO)[C@@H](O[C@H]4O[C@@H](C(=O)O)[C@H](O)[C@@H](O)[C@@H]4OS(=O)(=O)O)[C@H](OS(=O)(=O)O)[C@H]3NS(=O)(=O)O)[C@H](O)[C@H]2OS(=O)(=O)O)[C@H](COS(=O)(=O)O)O[C@H]1O.O=C(O)C(F)(F)C(F)(F)C(F)(F)C(F)(F)C(F)(F)C(F)(F)C(F)(F)F. The van der Waals surface area contributed by atoms with Crippen LogP contribution in [0.25, 0.3) is 0 Å². The van der Waals surface area contributed by atoms with Gasteiger partial charge in [-0.2, -0.15) is 113 Å². The van der Waals surface area contributed by atoms with Gasteiger partial charge in [0.2, 0.25) is 5.91 Å². The fourth-order valence-corrected chi connectivity index (χ4v) is 10.5. The Morgan fingerprint density at radius 1 is 0.453 bits per heavy atom. The fourth-order valence-electron chi connectivity index (χ4n) is 8.15. The van der Waals surface area contributed by atoms with Crippen molar-refractivity contribution in [1.82, 2.24) is 10.0 Å². The highest BCUT2D eigenvalue weighted by atomic mass is 32.3. The largest absolute Gasteiger partial charge is 0.479 e. The lowest BCUT2D eigenvalue weighted by molar-refractivity contribution is -0.450. The van der Waals surface area contributed by atoms with E-state index in [0.29, 0.717) is 0 Å². The zero-order valence-corrected chi connectivity index (χ0v) is 48.7. The molecule has 20 atom stereocenters. The molecule has 0 aromatic rings. The van der Waals surface area contributed by atoms with E-state index in [9.17, 15) is 186 Å². The van der Waals surface area contributed by atoms with Gasteiger partial charge < -0.3 is 84.4 Å². The van der Waals surface area contributed by atoms with Crippen molar-refractivity contribution in [3.63, 3.8) is 0 Å². The summed E-state index contributed by atoms with van der Waals surface area (Å²) in [4.78, 5) is 46.1. The number of halogens is 15. The highest BCUT2D eigenvalue weighted by molar-refractivity contribution is 7.83. The molecule has 4 aliphatic rings. The molecule has 0 saturated carbocycles. The summed E-state index contributed by atoms with van der Waals surface area (Å²) in [6, 6.07) is -4.96. The standard InChI is InChI=1S/C26H42N2O37S5.C8HF15O2/c1-4(30)27-7-9(31)13(6(56-23(7)39)3-55-67(43,44)45)58-26-19(65-70(52,53)54)12(34)16(20(62-26)22(37)38)60-24-8(28-66(40,41)42)15(63-68(46,47)48)14(5(2-29)57-24)59-25-18(64-69(49,50)51)11(33)10(32)17(61-25)21(35)36;9-2(10,1(24)25)3(11,12)4(13,14)5(15,16)6(17,18)7(19,20)8(21,22)23/h5-20,23-26,28-29,31-34,39H,2-3H2,1H3,(H,27,30)(H,35,36)(H,37,38)(H,40,41,42)(H,43,44,45)(H,46,47,48)(H,49,50,51)(H,52,53,54);(H,24,25)/t5-,6+,7-,8-,9-,10-,11-,12+,13-,14-,15-,16+,17-,18+,19-,20+,23-,24+,25+,26-;/m1./s1. The first-order valence-electron chi connectivity index (χ1n) is 23.5. The minimum atomic E-state index is -8.47. The van der Waals surface area contributed by atoms with Crippen LogP contribution in [0.1, 0.15) is 6.92 Å². The van der Waals surface area contributed by atoms with E-state index in [2.05, 4.69) is 16.7 Å². The van der Waals surface area contributed by atoms with Crippen LogP contribution in [0.3, 0.4) is 0 Å². The quantitative estimate of drug-likeness (QED) is 0.0269. The number of aliphatic carboxylic acids is 3. The molecule has 0 unspecified atom stereocenters. The third-order valence-corrected chi connectivity index (χ3v) is 14.7. The lowest BCUT2D eigenvalue weighted by atomic mass is 9.91. The zero-order valence-electron chi connectivity index (χ0n) is 44.6. The first-order valence-corrected chi connectivity index (χ1v) is 30.4. The third-order valence-electron chi connectivity index (χ3n) is 12.3. The molecule has 0 radical (unpaired) electrons. The molecule has 0 bridgehead atoms. The number of ether oxygens (including phenoxy) is 7. The number of amides is 1. The van der Waals surface area contributed by atoms with Crippen LogP contribution in [0.2, 0.25) is 0 Å². The van der Waals surface area contributed by atoms with Crippen LogP contribution in [0.4, 0.5) is 65.9 Å². The van der Waals surface area contributed by atoms with Crippen molar-refractivity contribution in [3.8, 4) is 0 Å². The normalized spacial score (nSPS) is 33.1. The number of rotatable bonds is 27. The highest BCUT2D eigenvalue weighted by Gasteiger charge is 2.94. The predicted octanol–water partition coefficient (Wildman–Crippen LogP) is -6.27. The van der Waals surface area contributed by atoms with Crippen molar-refractivity contribution in [2.45, 2.75) is 171 Å². The van der Waals surface area contributed by atoms with Crippen LogP contribution in [-0.4, -0.2) is 312 Å². The van der Waals surface area contributed by atoms with Gasteiger partial charge in [-0.25, -0.2) is 31.1 Å². The van der Waals surface area contributed by atoms with Gasteiger partial charge in [0, 0.05) is 6.92 Å². The number of aliphatic hydroxyl groups is 6. The molecule has 95 heavy (non-hydrogen) atoms. The number of carbonyl (C=O) groups is 4. The average Bonchev–Trinajstić information content (AvgIpc) is 0.702. The molecule has 0 aromatic carbocycles. The number of alkyl halides is 15. The van der Waals surface area contributed by atoms with Gasteiger partial charge in [0.05, 0.1) is 13.2 Å². The Labute approximate surface area is 515 Å². The molecule has 4 rings (SSSR count). The summed E-state index contributed by atoms with van der Waals surface area (Å²) in [6.07, 6.45) is -56.8. The lowest BCUT2D eigenvalue weighted by Gasteiger charge is -2.50. The van der Waals surface area contributed by atoms with Crippen LogP contribution in [0.15, 0.2) is 0 Å². The lowest BCUT2D eigenvalue weighted by Crippen LogP contribution is -2.73. The molecule has 61 heteroatoms. The van der Waals surface area contributed by atoms with Crippen molar-refractivity contribution in [2.75, 3.05) is 13.2 Å². The third kappa shape index (κ3) is 19.6. The topological polar surface area (TPSA) is 648 Å². The Kier molecular flexibility index (Phi) is 26.3. The van der Waals surface area contributed by atoms with Gasteiger partial charge in [-0.3, -0.25) is 27.6 Å². The number of carboxylic acid groups (broad SMARTS) is 3. The minimum absolute atomic E-state index is 0.840. The van der Waals surface area contributed by atoms with Crippen molar-refractivity contribution in [2.24, 2.45) is 0 Å². The summed E-state index contributed by atoms with van der Waals surface area (Å²) in [7, 11) is -29.1. The van der Waals surface area contributed by atoms with Crippen LogP contribution < -0.4 is 10.0 Å². The summed E-state index contributed by atoms with van der Waals surface area (Å²) >= 11 is 0. The molecular weight excluding hydrogens is 1510 g/mol. The van der Waals surface area contributed by atoms with Crippen molar-refractivity contribution in [1.29, 1.82) is 0 Å². The Hall–Kier alpha value is -4.34. The smallest absolute Gasteiger partial charge is 0.460 e. The molecule has 1 amide bonds. The molecule has 41 nitrogen and oxygen atoms in total. The second-order valence-corrected chi connectivity index (χ2v) is 24.3. The number of nitrogens with one attached hydrogen (secondary N) is 2. The Balaban J connectivity index is 0.000000791. The number of aliphatic hydroxyl groups excluding tert-OH is 6.